The first kappa shape index (κ1) is 22.7. The van der Waals surface area contributed by atoms with Crippen molar-refractivity contribution in [3.63, 3.8) is 0 Å². The van der Waals surface area contributed by atoms with Gasteiger partial charge in [-0.3, -0.25) is 14.5 Å². The van der Waals surface area contributed by atoms with Crippen LogP contribution in [0.15, 0.2) is 24.3 Å². The second kappa shape index (κ2) is 10.4. The summed E-state index contributed by atoms with van der Waals surface area (Å²) < 4.78 is 13.3. The molecule has 6 heteroatoms. The first-order valence-corrected chi connectivity index (χ1v) is 11.4. The van der Waals surface area contributed by atoms with E-state index in [0.29, 0.717) is 25.6 Å². The Morgan fingerprint density at radius 3 is 2.50 bits per heavy atom. The third-order valence-corrected chi connectivity index (χ3v) is 6.70. The summed E-state index contributed by atoms with van der Waals surface area (Å²) in [6, 6.07) is 6.77. The highest BCUT2D eigenvalue weighted by Crippen LogP contribution is 2.40. The van der Waals surface area contributed by atoms with Gasteiger partial charge in [0.15, 0.2) is 0 Å². The van der Waals surface area contributed by atoms with Crippen LogP contribution >= 0.6 is 0 Å². The van der Waals surface area contributed by atoms with E-state index in [1.807, 2.05) is 26.0 Å². The Morgan fingerprint density at radius 1 is 1.13 bits per heavy atom. The van der Waals surface area contributed by atoms with E-state index in [2.05, 4.69) is 15.5 Å². The van der Waals surface area contributed by atoms with Crippen LogP contribution < -0.4 is 10.6 Å². The van der Waals surface area contributed by atoms with Crippen LogP contribution in [0, 0.1) is 17.7 Å². The molecular formula is C24H36FN3O2. The lowest BCUT2D eigenvalue weighted by atomic mass is 9.79. The van der Waals surface area contributed by atoms with Crippen LogP contribution in [0.5, 0.6) is 0 Å². The van der Waals surface area contributed by atoms with Gasteiger partial charge in [-0.15, -0.1) is 0 Å². The third kappa shape index (κ3) is 6.03. The van der Waals surface area contributed by atoms with Gasteiger partial charge in [0, 0.05) is 31.0 Å². The maximum Gasteiger partial charge on any atom is 0.234 e. The SMILES string of the molecule is CC(C)C(=O)NCC1CCCN(CC(=O)NCC2(c3ccc(F)cc3)CCCC2)C1. The molecule has 30 heavy (non-hydrogen) atoms. The van der Waals surface area contributed by atoms with Crippen LogP contribution in [0.3, 0.4) is 0 Å². The molecule has 1 saturated carbocycles. The third-order valence-electron chi connectivity index (χ3n) is 6.70. The van der Waals surface area contributed by atoms with Crippen LogP contribution in [-0.2, 0) is 15.0 Å². The molecule has 1 heterocycles. The molecule has 2 aliphatic rings. The monoisotopic (exact) mass is 417 g/mol. The molecule has 166 valence electrons. The Kier molecular flexibility index (Phi) is 7.87. The number of hydrogen-bond acceptors (Lipinski definition) is 3. The van der Waals surface area contributed by atoms with E-state index in [1.165, 1.54) is 12.1 Å². The van der Waals surface area contributed by atoms with Crippen molar-refractivity contribution in [1.82, 2.24) is 15.5 Å². The topological polar surface area (TPSA) is 61.4 Å². The summed E-state index contributed by atoms with van der Waals surface area (Å²) in [5.74, 6) is 0.317. The van der Waals surface area contributed by atoms with Gasteiger partial charge in [-0.05, 0) is 55.8 Å². The van der Waals surface area contributed by atoms with E-state index < -0.39 is 0 Å². The molecule has 0 bridgehead atoms. The largest absolute Gasteiger partial charge is 0.356 e. The second-order valence-corrected chi connectivity index (χ2v) is 9.41. The molecule has 1 saturated heterocycles. The number of piperidine rings is 1. The molecule has 2 amide bonds. The number of carbonyl (C=O) groups is 2. The van der Waals surface area contributed by atoms with E-state index in [-0.39, 0.29) is 29.0 Å². The molecule has 1 unspecified atom stereocenters. The Labute approximate surface area is 179 Å². The second-order valence-electron chi connectivity index (χ2n) is 9.41. The highest BCUT2D eigenvalue weighted by Gasteiger charge is 2.36. The molecule has 0 spiro atoms. The first-order chi connectivity index (χ1) is 14.4. The van der Waals surface area contributed by atoms with Crippen LogP contribution in [0.4, 0.5) is 4.39 Å². The summed E-state index contributed by atoms with van der Waals surface area (Å²) >= 11 is 0. The predicted octanol–water partition coefficient (Wildman–Crippen LogP) is 3.24. The highest BCUT2D eigenvalue weighted by atomic mass is 19.1. The molecule has 0 aromatic heterocycles. The Balaban J connectivity index is 1.48. The van der Waals surface area contributed by atoms with E-state index in [0.717, 1.165) is 57.2 Å². The summed E-state index contributed by atoms with van der Waals surface area (Å²) in [5, 5.41) is 6.18. The van der Waals surface area contributed by atoms with Crippen molar-refractivity contribution in [2.75, 3.05) is 32.7 Å². The lowest BCUT2D eigenvalue weighted by molar-refractivity contribution is -0.125. The molecule has 1 atom stereocenters. The minimum absolute atomic E-state index is 0.000475. The Hall–Kier alpha value is -1.95. The molecule has 2 N–H and O–H groups in total. The standard InChI is InChI=1S/C24H36FN3O2/c1-18(2)23(30)26-14-19-6-5-13-28(15-19)16-22(29)27-17-24(11-3-4-12-24)20-7-9-21(25)10-8-20/h7-10,18-19H,3-6,11-17H2,1-2H3,(H,26,30)(H,27,29). The zero-order valence-electron chi connectivity index (χ0n) is 18.4. The van der Waals surface area contributed by atoms with Crippen molar-refractivity contribution in [1.29, 1.82) is 0 Å². The smallest absolute Gasteiger partial charge is 0.234 e. The molecule has 1 aliphatic carbocycles. The van der Waals surface area contributed by atoms with Gasteiger partial charge < -0.3 is 10.6 Å². The Bertz CT molecular complexity index is 714. The van der Waals surface area contributed by atoms with Crippen molar-refractivity contribution in [3.05, 3.63) is 35.6 Å². The zero-order valence-corrected chi connectivity index (χ0v) is 18.4. The maximum absolute atomic E-state index is 13.3. The number of amides is 2. The van der Waals surface area contributed by atoms with Crippen LogP contribution in [0.1, 0.15) is 57.9 Å². The minimum atomic E-state index is -0.222. The van der Waals surface area contributed by atoms with Gasteiger partial charge in [-0.25, -0.2) is 4.39 Å². The number of nitrogens with one attached hydrogen (secondary N) is 2. The lowest BCUT2D eigenvalue weighted by Gasteiger charge is -2.33. The number of hydrogen-bond donors (Lipinski definition) is 2. The van der Waals surface area contributed by atoms with Gasteiger partial charge in [0.2, 0.25) is 11.8 Å². The molecular weight excluding hydrogens is 381 g/mol. The summed E-state index contributed by atoms with van der Waals surface area (Å²) in [5.41, 5.74) is 1.05. The van der Waals surface area contributed by atoms with Crippen molar-refractivity contribution in [2.24, 2.45) is 11.8 Å². The van der Waals surface area contributed by atoms with Crippen LogP contribution in [-0.4, -0.2) is 49.4 Å². The predicted molar refractivity (Wildman–Crippen MR) is 117 cm³/mol. The van der Waals surface area contributed by atoms with Crippen molar-refractivity contribution < 1.29 is 14.0 Å². The van der Waals surface area contributed by atoms with Crippen LogP contribution in [0.25, 0.3) is 0 Å². The molecule has 3 rings (SSSR count). The Morgan fingerprint density at radius 2 is 1.83 bits per heavy atom. The van der Waals surface area contributed by atoms with E-state index in [1.54, 1.807) is 0 Å². The molecule has 0 radical (unpaired) electrons. The van der Waals surface area contributed by atoms with Gasteiger partial charge in [0.05, 0.1) is 6.54 Å². The van der Waals surface area contributed by atoms with Crippen molar-refractivity contribution in [3.8, 4) is 0 Å². The first-order valence-electron chi connectivity index (χ1n) is 11.4. The normalized spacial score (nSPS) is 21.5. The zero-order chi connectivity index (χ0) is 21.6. The van der Waals surface area contributed by atoms with Gasteiger partial charge in [-0.1, -0.05) is 38.8 Å². The number of carbonyl (C=O) groups excluding carboxylic acids is 2. The molecule has 5 nitrogen and oxygen atoms in total. The van der Waals surface area contributed by atoms with E-state index in [9.17, 15) is 14.0 Å². The fourth-order valence-electron chi connectivity index (χ4n) is 4.86. The number of rotatable bonds is 8. The van der Waals surface area contributed by atoms with Crippen molar-refractivity contribution in [2.45, 2.75) is 57.8 Å². The molecule has 1 aromatic rings. The fraction of sp³-hybridized carbons (Fsp3) is 0.667. The van der Waals surface area contributed by atoms with E-state index in [4.69, 9.17) is 0 Å². The van der Waals surface area contributed by atoms with Gasteiger partial charge in [-0.2, -0.15) is 0 Å². The summed E-state index contributed by atoms with van der Waals surface area (Å²) in [6.07, 6.45) is 6.48. The quantitative estimate of drug-likeness (QED) is 0.683. The minimum Gasteiger partial charge on any atom is -0.356 e. The number of likely N-dealkylation sites (tertiary alicyclic amines) is 1. The summed E-state index contributed by atoms with van der Waals surface area (Å²) in [6.45, 7) is 7.25. The summed E-state index contributed by atoms with van der Waals surface area (Å²) in [4.78, 5) is 26.7. The number of benzene rings is 1. The molecule has 2 fully saturated rings. The van der Waals surface area contributed by atoms with Crippen molar-refractivity contribution >= 4 is 11.8 Å². The fourth-order valence-corrected chi connectivity index (χ4v) is 4.86. The number of halogens is 1. The maximum atomic E-state index is 13.3. The molecule has 1 aromatic carbocycles. The van der Waals surface area contributed by atoms with Gasteiger partial charge in [0.1, 0.15) is 5.82 Å². The summed E-state index contributed by atoms with van der Waals surface area (Å²) in [7, 11) is 0. The van der Waals surface area contributed by atoms with Crippen LogP contribution in [0.2, 0.25) is 0 Å². The molecule has 1 aliphatic heterocycles. The average Bonchev–Trinajstić information content (AvgIpc) is 3.21. The van der Waals surface area contributed by atoms with E-state index >= 15 is 0 Å². The van der Waals surface area contributed by atoms with Gasteiger partial charge in [0.25, 0.3) is 0 Å². The van der Waals surface area contributed by atoms with Gasteiger partial charge >= 0.3 is 0 Å². The lowest BCUT2D eigenvalue weighted by Crippen LogP contribution is -2.47. The average molecular weight is 418 g/mol. The number of nitrogens with zero attached hydrogens (tertiary/aromatic N) is 1. The highest BCUT2D eigenvalue weighted by molar-refractivity contribution is 5.78.